The van der Waals surface area contributed by atoms with Gasteiger partial charge < -0.3 is 4.74 Å². The Labute approximate surface area is 97.2 Å². The maximum atomic E-state index is 11.1. The van der Waals surface area contributed by atoms with Crippen LogP contribution in [0.2, 0.25) is 5.02 Å². The number of aromatic nitrogens is 2. The fourth-order valence-corrected chi connectivity index (χ4v) is 1.68. The van der Waals surface area contributed by atoms with Crippen LogP contribution < -0.4 is 10.3 Å². The van der Waals surface area contributed by atoms with Gasteiger partial charge in [-0.1, -0.05) is 11.6 Å². The Morgan fingerprint density at radius 3 is 2.56 bits per heavy atom. The first kappa shape index (κ1) is 10.8. The molecule has 0 spiro atoms. The highest BCUT2D eigenvalue weighted by Gasteiger charge is 2.10. The summed E-state index contributed by atoms with van der Waals surface area (Å²) >= 11 is 6.04. The van der Waals surface area contributed by atoms with Gasteiger partial charge in [0.2, 0.25) is 0 Å². The van der Waals surface area contributed by atoms with Crippen LogP contribution in [0.25, 0.3) is 11.3 Å². The minimum Gasteiger partial charge on any atom is -0.496 e. The SMILES string of the molecule is COc1cc(C)c(Cl)cc1-c1cc(=O)[nH][nH]1. The molecule has 1 aromatic carbocycles. The third-order valence-electron chi connectivity index (χ3n) is 2.37. The molecule has 0 aliphatic carbocycles. The molecular weight excluding hydrogens is 228 g/mol. The lowest BCUT2D eigenvalue weighted by molar-refractivity contribution is 0.416. The van der Waals surface area contributed by atoms with Crippen LogP contribution in [-0.2, 0) is 0 Å². The molecule has 0 amide bonds. The first-order valence-electron chi connectivity index (χ1n) is 4.74. The lowest BCUT2D eigenvalue weighted by Crippen LogP contribution is -1.93. The van der Waals surface area contributed by atoms with Crippen molar-refractivity contribution in [1.29, 1.82) is 0 Å². The molecule has 16 heavy (non-hydrogen) atoms. The number of nitrogens with one attached hydrogen (secondary N) is 2. The van der Waals surface area contributed by atoms with E-state index in [2.05, 4.69) is 10.2 Å². The van der Waals surface area contributed by atoms with Crippen molar-refractivity contribution in [2.24, 2.45) is 0 Å². The van der Waals surface area contributed by atoms with Gasteiger partial charge in [0.15, 0.2) is 0 Å². The minimum absolute atomic E-state index is 0.186. The van der Waals surface area contributed by atoms with Gasteiger partial charge >= 0.3 is 0 Å². The van der Waals surface area contributed by atoms with Crippen molar-refractivity contribution >= 4 is 11.6 Å². The summed E-state index contributed by atoms with van der Waals surface area (Å²) in [7, 11) is 1.58. The monoisotopic (exact) mass is 238 g/mol. The molecule has 1 heterocycles. The van der Waals surface area contributed by atoms with E-state index in [-0.39, 0.29) is 5.56 Å². The van der Waals surface area contributed by atoms with Crippen LogP contribution >= 0.6 is 11.6 Å². The first-order valence-corrected chi connectivity index (χ1v) is 5.12. The van der Waals surface area contributed by atoms with Gasteiger partial charge in [-0.15, -0.1) is 0 Å². The molecule has 0 fully saturated rings. The Kier molecular flexibility index (Phi) is 2.75. The maximum absolute atomic E-state index is 11.1. The number of hydrogen-bond donors (Lipinski definition) is 2. The molecule has 0 unspecified atom stereocenters. The molecule has 2 rings (SSSR count). The zero-order chi connectivity index (χ0) is 11.7. The van der Waals surface area contributed by atoms with Gasteiger partial charge in [-0.05, 0) is 24.6 Å². The summed E-state index contributed by atoms with van der Waals surface area (Å²) in [5, 5.41) is 5.88. The van der Waals surface area contributed by atoms with Crippen molar-refractivity contribution in [3.05, 3.63) is 39.1 Å². The largest absolute Gasteiger partial charge is 0.496 e. The normalized spacial score (nSPS) is 10.4. The highest BCUT2D eigenvalue weighted by atomic mass is 35.5. The van der Waals surface area contributed by atoms with Crippen LogP contribution in [0.15, 0.2) is 23.0 Å². The molecule has 2 N–H and O–H groups in total. The summed E-state index contributed by atoms with van der Waals surface area (Å²) in [5.41, 5.74) is 2.16. The van der Waals surface area contributed by atoms with E-state index in [4.69, 9.17) is 16.3 Å². The number of methoxy groups -OCH3 is 1. The van der Waals surface area contributed by atoms with Crippen LogP contribution in [0.1, 0.15) is 5.56 Å². The second-order valence-corrected chi connectivity index (χ2v) is 3.88. The molecule has 2 aromatic rings. The number of H-pyrrole nitrogens is 2. The average Bonchev–Trinajstić information content (AvgIpc) is 2.68. The van der Waals surface area contributed by atoms with Gasteiger partial charge in [0.25, 0.3) is 5.56 Å². The third kappa shape index (κ3) is 1.84. The van der Waals surface area contributed by atoms with E-state index in [0.717, 1.165) is 11.1 Å². The van der Waals surface area contributed by atoms with Crippen molar-refractivity contribution < 1.29 is 4.74 Å². The fourth-order valence-electron chi connectivity index (χ4n) is 1.51. The van der Waals surface area contributed by atoms with Gasteiger partial charge in [0.1, 0.15) is 5.75 Å². The minimum atomic E-state index is -0.186. The predicted octanol–water partition coefficient (Wildman–Crippen LogP) is 2.34. The first-order chi connectivity index (χ1) is 7.61. The molecule has 5 heteroatoms. The molecule has 0 saturated carbocycles. The number of ether oxygens (including phenoxy) is 1. The lowest BCUT2D eigenvalue weighted by atomic mass is 10.1. The van der Waals surface area contributed by atoms with Gasteiger partial charge in [0.05, 0.1) is 12.8 Å². The summed E-state index contributed by atoms with van der Waals surface area (Å²) < 4.78 is 5.25. The van der Waals surface area contributed by atoms with Gasteiger partial charge in [-0.25, -0.2) is 0 Å². The maximum Gasteiger partial charge on any atom is 0.264 e. The van der Waals surface area contributed by atoms with E-state index in [9.17, 15) is 4.79 Å². The topological polar surface area (TPSA) is 57.9 Å². The van der Waals surface area contributed by atoms with Crippen molar-refractivity contribution in [2.75, 3.05) is 7.11 Å². The Morgan fingerprint density at radius 2 is 2.00 bits per heavy atom. The molecule has 1 aromatic heterocycles. The zero-order valence-electron chi connectivity index (χ0n) is 8.93. The quantitative estimate of drug-likeness (QED) is 0.844. The van der Waals surface area contributed by atoms with E-state index < -0.39 is 0 Å². The predicted molar refractivity (Wildman–Crippen MR) is 63.1 cm³/mol. The summed E-state index contributed by atoms with van der Waals surface area (Å²) in [6.07, 6.45) is 0. The van der Waals surface area contributed by atoms with E-state index in [0.29, 0.717) is 16.5 Å². The molecule has 4 nitrogen and oxygen atoms in total. The smallest absolute Gasteiger partial charge is 0.264 e. The standard InChI is InChI=1S/C11H11ClN2O2/c1-6-3-10(16-2)7(4-8(6)12)9-5-11(15)14-13-9/h3-5H,1-2H3,(H2,13,14,15). The lowest BCUT2D eigenvalue weighted by Gasteiger charge is -2.09. The van der Waals surface area contributed by atoms with Crippen LogP contribution in [0, 0.1) is 6.92 Å². The molecule has 0 bridgehead atoms. The number of benzene rings is 1. The van der Waals surface area contributed by atoms with Crippen LogP contribution in [0.4, 0.5) is 0 Å². The summed E-state index contributed by atoms with van der Waals surface area (Å²) in [5.74, 6) is 0.678. The molecule has 0 aliphatic rings. The van der Waals surface area contributed by atoms with Crippen molar-refractivity contribution in [3.63, 3.8) is 0 Å². The van der Waals surface area contributed by atoms with E-state index in [1.165, 1.54) is 6.07 Å². The van der Waals surface area contributed by atoms with Crippen LogP contribution in [0.3, 0.4) is 0 Å². The van der Waals surface area contributed by atoms with Gasteiger partial charge in [-0.2, -0.15) is 0 Å². The van der Waals surface area contributed by atoms with E-state index in [1.54, 1.807) is 13.2 Å². The van der Waals surface area contributed by atoms with Gasteiger partial charge in [-0.3, -0.25) is 15.0 Å². The number of halogens is 1. The van der Waals surface area contributed by atoms with E-state index >= 15 is 0 Å². The number of rotatable bonds is 2. The Morgan fingerprint density at radius 1 is 1.25 bits per heavy atom. The number of aryl methyl sites for hydroxylation is 1. The number of aromatic amines is 2. The molecule has 0 atom stereocenters. The molecule has 0 aliphatic heterocycles. The Hall–Kier alpha value is -1.68. The Balaban J connectivity index is 2.63. The molecular formula is C11H11ClN2O2. The van der Waals surface area contributed by atoms with E-state index in [1.807, 2.05) is 13.0 Å². The summed E-state index contributed by atoms with van der Waals surface area (Å²) in [4.78, 5) is 11.1. The Bertz CT molecular complexity index is 572. The van der Waals surface area contributed by atoms with Crippen molar-refractivity contribution in [1.82, 2.24) is 10.2 Å². The van der Waals surface area contributed by atoms with Crippen molar-refractivity contribution in [3.8, 4) is 17.0 Å². The number of hydrogen-bond acceptors (Lipinski definition) is 2. The van der Waals surface area contributed by atoms with Gasteiger partial charge in [0, 0.05) is 16.7 Å². The third-order valence-corrected chi connectivity index (χ3v) is 2.77. The zero-order valence-corrected chi connectivity index (χ0v) is 9.68. The van der Waals surface area contributed by atoms with Crippen LogP contribution in [-0.4, -0.2) is 17.3 Å². The molecule has 84 valence electrons. The molecule has 0 saturated heterocycles. The average molecular weight is 239 g/mol. The van der Waals surface area contributed by atoms with Crippen molar-refractivity contribution in [2.45, 2.75) is 6.92 Å². The second-order valence-electron chi connectivity index (χ2n) is 3.47. The summed E-state index contributed by atoms with van der Waals surface area (Å²) in [6, 6.07) is 5.07. The highest BCUT2D eigenvalue weighted by molar-refractivity contribution is 6.31. The summed E-state index contributed by atoms with van der Waals surface area (Å²) in [6.45, 7) is 1.90. The second kappa shape index (κ2) is 4.06. The highest BCUT2D eigenvalue weighted by Crippen LogP contribution is 2.32. The molecule has 0 radical (unpaired) electrons. The van der Waals surface area contributed by atoms with Crippen LogP contribution in [0.5, 0.6) is 5.75 Å². The fraction of sp³-hybridized carbons (Fsp3) is 0.182.